The van der Waals surface area contributed by atoms with Crippen LogP contribution in [0.3, 0.4) is 0 Å². The largest absolute Gasteiger partial charge is 4.00 e. The van der Waals surface area contributed by atoms with Crippen LogP contribution in [0.15, 0.2) is 0 Å². The molecule has 0 atom stereocenters. The molecule has 0 heterocycles. The quantitative estimate of drug-likeness (QED) is 0.210. The van der Waals surface area contributed by atoms with E-state index in [2.05, 4.69) is 83.1 Å². The molecule has 0 N–H and O–H groups in total. The third-order valence-electron chi connectivity index (χ3n) is 6.53. The van der Waals surface area contributed by atoms with E-state index in [-0.39, 0.29) is 90.7 Å². The van der Waals surface area contributed by atoms with Crippen molar-refractivity contribution in [1.82, 2.24) is 0 Å². The molecule has 0 aliphatic carbocycles. The third kappa shape index (κ3) is 51.1. The Labute approximate surface area is 317 Å². The molecule has 9 heteroatoms. The van der Waals surface area contributed by atoms with E-state index in [1.807, 2.05) is 55.4 Å². The summed E-state index contributed by atoms with van der Waals surface area (Å²) >= 11 is 0. The molecule has 0 rings (SSSR count). The van der Waals surface area contributed by atoms with Gasteiger partial charge in [-0.2, -0.15) is 0 Å². The summed E-state index contributed by atoms with van der Waals surface area (Å²) < 4.78 is 0. The zero-order chi connectivity index (χ0) is 40.0. The van der Waals surface area contributed by atoms with Gasteiger partial charge in [0, 0.05) is 23.9 Å². The van der Waals surface area contributed by atoms with Crippen molar-refractivity contribution in [3.63, 3.8) is 0 Å². The Hall–Kier alpha value is -1.41. The molecule has 0 unspecified atom stereocenters. The predicted octanol–water partition coefficient (Wildman–Crippen LogP) is 6.35. The maximum atomic E-state index is 10.4. The van der Waals surface area contributed by atoms with Crippen molar-refractivity contribution >= 4 is 23.9 Å². The van der Waals surface area contributed by atoms with Gasteiger partial charge in [-0.25, -0.2) is 0 Å². The standard InChI is InChI=1S/4C10H20O2.Ti/c4*1-9(2,3)7-10(4,5)6-8(11)12;/h4*6-7H2,1-5H3,(H,11,12);/q;;;;+4/p-4. The average Bonchev–Trinajstić information content (AvgIpc) is 2.55. The van der Waals surface area contributed by atoms with Gasteiger partial charge >= 0.3 is 21.7 Å². The van der Waals surface area contributed by atoms with Crippen molar-refractivity contribution in [1.29, 1.82) is 0 Å². The zero-order valence-corrected chi connectivity index (χ0v) is 37.0. The van der Waals surface area contributed by atoms with E-state index in [0.29, 0.717) is 0 Å². The Morgan fingerprint density at radius 3 is 0.469 bits per heavy atom. The SMILES string of the molecule is CC(C)(C)CC(C)(C)CC(=O)[O-].CC(C)(C)CC(C)(C)CC(=O)[O-].CC(C)(C)CC(C)(C)CC(=O)[O-].CC(C)(C)CC(C)(C)CC(=O)[O-].[Ti+4]. The van der Waals surface area contributed by atoms with E-state index >= 15 is 0 Å². The Kier molecular flexibility index (Phi) is 25.4. The molecule has 49 heavy (non-hydrogen) atoms. The van der Waals surface area contributed by atoms with Gasteiger partial charge in [0.15, 0.2) is 0 Å². The van der Waals surface area contributed by atoms with Gasteiger partial charge in [-0.15, -0.1) is 0 Å². The molecule has 0 aromatic heterocycles. The van der Waals surface area contributed by atoms with Gasteiger partial charge in [-0.05, 0) is 94.7 Å². The minimum atomic E-state index is -0.954. The van der Waals surface area contributed by atoms with Crippen molar-refractivity contribution in [3.05, 3.63) is 0 Å². The molecule has 0 aromatic carbocycles. The molecule has 0 saturated carbocycles. The van der Waals surface area contributed by atoms with Gasteiger partial charge < -0.3 is 39.6 Å². The fraction of sp³-hybridized carbons (Fsp3) is 0.900. The first-order chi connectivity index (χ1) is 20.5. The van der Waals surface area contributed by atoms with E-state index in [0.717, 1.165) is 25.7 Å². The average molecular weight is 733 g/mol. The summed E-state index contributed by atoms with van der Waals surface area (Å²) in [7, 11) is 0. The Morgan fingerprint density at radius 1 is 0.306 bits per heavy atom. The molecule has 0 aliphatic heterocycles. The summed E-state index contributed by atoms with van der Waals surface area (Å²) in [6, 6.07) is 0. The van der Waals surface area contributed by atoms with Crippen LogP contribution in [0.1, 0.15) is 190 Å². The molecule has 0 fully saturated rings. The second-order valence-electron chi connectivity index (χ2n) is 21.8. The van der Waals surface area contributed by atoms with E-state index in [4.69, 9.17) is 0 Å². The second-order valence-corrected chi connectivity index (χ2v) is 21.8. The van der Waals surface area contributed by atoms with Crippen LogP contribution < -0.4 is 20.4 Å². The van der Waals surface area contributed by atoms with E-state index in [1.165, 1.54) is 0 Å². The fourth-order valence-electron chi connectivity index (χ4n) is 7.56. The van der Waals surface area contributed by atoms with Gasteiger partial charge in [0.1, 0.15) is 0 Å². The molecule has 0 aromatic rings. The number of carbonyl (C=O) groups is 4. The smallest absolute Gasteiger partial charge is 0.550 e. The molecule has 0 aliphatic rings. The van der Waals surface area contributed by atoms with Crippen LogP contribution in [0, 0.1) is 43.3 Å². The molecule has 0 bridgehead atoms. The van der Waals surface area contributed by atoms with Crippen LogP contribution in [0.4, 0.5) is 0 Å². The molecule has 288 valence electrons. The van der Waals surface area contributed by atoms with Gasteiger partial charge in [0.05, 0.1) is 0 Å². The molecule has 8 nitrogen and oxygen atoms in total. The molecule has 0 saturated heterocycles. The summed E-state index contributed by atoms with van der Waals surface area (Å²) in [6.07, 6.45) is 4.16. The maximum Gasteiger partial charge on any atom is 4.00 e. The zero-order valence-electron chi connectivity index (χ0n) is 35.4. The van der Waals surface area contributed by atoms with Crippen LogP contribution in [0.2, 0.25) is 0 Å². The van der Waals surface area contributed by atoms with Crippen LogP contribution >= 0.6 is 0 Å². The topological polar surface area (TPSA) is 161 Å². The van der Waals surface area contributed by atoms with Gasteiger partial charge in [-0.3, -0.25) is 0 Å². The van der Waals surface area contributed by atoms with Crippen LogP contribution in [0.25, 0.3) is 0 Å². The van der Waals surface area contributed by atoms with Crippen LogP contribution in [-0.2, 0) is 40.9 Å². The fourth-order valence-corrected chi connectivity index (χ4v) is 7.56. The van der Waals surface area contributed by atoms with Crippen molar-refractivity contribution < 1.29 is 61.3 Å². The number of carbonyl (C=O) groups excluding carboxylic acids is 4. The van der Waals surface area contributed by atoms with E-state index in [1.54, 1.807) is 0 Å². The van der Waals surface area contributed by atoms with Gasteiger partial charge in [0.25, 0.3) is 0 Å². The number of rotatable bonds is 12. The number of hydrogen-bond donors (Lipinski definition) is 0. The first-order valence-corrected chi connectivity index (χ1v) is 17.3. The summed E-state index contributed by atoms with van der Waals surface area (Å²) in [4.78, 5) is 41.6. The van der Waals surface area contributed by atoms with E-state index in [9.17, 15) is 39.6 Å². The second kappa shape index (κ2) is 21.8. The van der Waals surface area contributed by atoms with Crippen molar-refractivity contribution in [3.8, 4) is 0 Å². The number of aliphatic carboxylic acids is 4. The Morgan fingerprint density at radius 2 is 0.408 bits per heavy atom. The third-order valence-corrected chi connectivity index (χ3v) is 6.53. The summed E-state index contributed by atoms with van der Waals surface area (Å²) in [5.41, 5.74) is 0.0954. The summed E-state index contributed by atoms with van der Waals surface area (Å²) in [6.45, 7) is 41.1. The van der Waals surface area contributed by atoms with Gasteiger partial charge in [0.2, 0.25) is 0 Å². The number of carboxylic acids is 4. The predicted molar refractivity (Wildman–Crippen MR) is 190 cm³/mol. The Bertz CT molecular complexity index is 820. The number of hydrogen-bond acceptors (Lipinski definition) is 8. The van der Waals surface area contributed by atoms with Crippen LogP contribution in [0.5, 0.6) is 0 Å². The van der Waals surface area contributed by atoms with Crippen molar-refractivity contribution in [2.24, 2.45) is 43.3 Å². The van der Waals surface area contributed by atoms with Crippen molar-refractivity contribution in [2.45, 2.75) is 190 Å². The Balaban J connectivity index is -0.000000174. The number of carboxylic acid groups (broad SMARTS) is 4. The molecule has 0 spiro atoms. The van der Waals surface area contributed by atoms with Crippen LogP contribution in [-0.4, -0.2) is 23.9 Å². The normalized spacial score (nSPS) is 12.8. The summed E-state index contributed by atoms with van der Waals surface area (Å²) in [5.74, 6) is -3.82. The minimum Gasteiger partial charge on any atom is -0.550 e. The summed E-state index contributed by atoms with van der Waals surface area (Å²) in [5, 5.41) is 41.6. The molecule has 0 radical (unpaired) electrons. The first-order valence-electron chi connectivity index (χ1n) is 17.3. The van der Waals surface area contributed by atoms with Gasteiger partial charge in [-0.1, -0.05) is 138 Å². The monoisotopic (exact) mass is 733 g/mol. The van der Waals surface area contributed by atoms with Crippen molar-refractivity contribution in [2.75, 3.05) is 0 Å². The minimum absolute atomic E-state index is 0. The molecule has 0 amide bonds. The first kappa shape index (κ1) is 57.0. The maximum absolute atomic E-state index is 10.4. The van der Waals surface area contributed by atoms with E-state index < -0.39 is 23.9 Å². The molecular weight excluding hydrogens is 656 g/mol. The molecular formula is C40H76O8Ti.